The predicted octanol–water partition coefficient (Wildman–Crippen LogP) is 7.22. The Labute approximate surface area is 223 Å². The number of nitrogens with zero attached hydrogens (tertiary/aromatic N) is 4. The molecule has 2 aromatic heterocycles. The normalized spacial score (nSPS) is 11.2. The lowest BCUT2D eigenvalue weighted by molar-refractivity contribution is 0.415. The van der Waals surface area contributed by atoms with Crippen molar-refractivity contribution in [2.45, 2.75) is 6.54 Å². The Hall–Kier alpha value is -3.91. The second kappa shape index (κ2) is 9.62. The Morgan fingerprint density at radius 2 is 1.61 bits per heavy atom. The molecule has 0 aliphatic rings. The van der Waals surface area contributed by atoms with Gasteiger partial charge in [-0.25, -0.2) is 9.67 Å². The molecule has 0 aliphatic carbocycles. The molecule has 6 rings (SSSR count). The molecule has 0 saturated heterocycles. The van der Waals surface area contributed by atoms with Crippen molar-refractivity contribution in [3.8, 4) is 34.1 Å². The monoisotopic (exact) mass is 582 g/mol. The van der Waals surface area contributed by atoms with Crippen LogP contribution in [0.2, 0.25) is 0 Å². The second-order valence-corrected chi connectivity index (χ2v) is 9.79. The summed E-state index contributed by atoms with van der Waals surface area (Å²) in [5.41, 5.74) is 7.15. The van der Waals surface area contributed by atoms with Gasteiger partial charge in [0.15, 0.2) is 0 Å². The molecule has 4 aromatic carbocycles. The maximum Gasteiger partial charge on any atom is 0.145 e. The lowest BCUT2D eigenvalue weighted by Crippen LogP contribution is -2.03. The number of methoxy groups -OCH3 is 1. The van der Waals surface area contributed by atoms with Crippen LogP contribution in [0.5, 0.6) is 5.75 Å². The van der Waals surface area contributed by atoms with Crippen LogP contribution in [0.3, 0.4) is 0 Å². The number of rotatable bonds is 6. The van der Waals surface area contributed by atoms with Crippen LogP contribution in [0.25, 0.3) is 39.4 Å². The summed E-state index contributed by atoms with van der Waals surface area (Å²) in [6, 6.07) is 35.1. The van der Waals surface area contributed by atoms with E-state index in [1.54, 1.807) is 7.11 Å². The minimum atomic E-state index is 0.714. The van der Waals surface area contributed by atoms with Gasteiger partial charge in [0.1, 0.15) is 17.3 Å². The van der Waals surface area contributed by atoms with Gasteiger partial charge in [-0.2, -0.15) is 5.10 Å². The number of ether oxygens (including phenoxy) is 1. The molecule has 0 unspecified atom stereocenters. The van der Waals surface area contributed by atoms with E-state index in [1.807, 2.05) is 53.2 Å². The van der Waals surface area contributed by atoms with Gasteiger partial charge < -0.3 is 9.30 Å². The van der Waals surface area contributed by atoms with E-state index in [0.717, 1.165) is 45.1 Å². The van der Waals surface area contributed by atoms with E-state index in [9.17, 15) is 0 Å². The minimum absolute atomic E-state index is 0.714. The molecule has 0 spiro atoms. The fourth-order valence-corrected chi connectivity index (χ4v) is 5.08. The van der Waals surface area contributed by atoms with Crippen molar-refractivity contribution in [2.24, 2.45) is 0 Å². The Balaban J connectivity index is 1.57. The van der Waals surface area contributed by atoms with Gasteiger partial charge >= 0.3 is 0 Å². The zero-order chi connectivity index (χ0) is 24.5. The highest BCUT2D eigenvalue weighted by atomic mass is 127. The fraction of sp³-hybridized carbons (Fsp3) is 0.0667. The van der Waals surface area contributed by atoms with E-state index in [2.05, 4.69) is 88.0 Å². The van der Waals surface area contributed by atoms with Gasteiger partial charge in [0, 0.05) is 21.9 Å². The van der Waals surface area contributed by atoms with Crippen LogP contribution < -0.4 is 4.74 Å². The first-order valence-corrected chi connectivity index (χ1v) is 12.8. The first-order valence-electron chi connectivity index (χ1n) is 11.7. The molecule has 0 fully saturated rings. The summed E-state index contributed by atoms with van der Waals surface area (Å²) in [5.74, 6) is 1.71. The number of fused-ring (bicyclic) bond motifs is 1. The molecule has 0 N–H and O–H groups in total. The van der Waals surface area contributed by atoms with E-state index in [-0.39, 0.29) is 0 Å². The molecule has 0 bridgehead atoms. The highest BCUT2D eigenvalue weighted by Gasteiger charge is 2.21. The summed E-state index contributed by atoms with van der Waals surface area (Å²) in [5, 5.41) is 5.04. The number of hydrogen-bond donors (Lipinski definition) is 0. The van der Waals surface area contributed by atoms with Gasteiger partial charge in [0.25, 0.3) is 0 Å². The van der Waals surface area contributed by atoms with Crippen LogP contribution in [-0.4, -0.2) is 26.4 Å². The maximum absolute atomic E-state index is 5.39. The lowest BCUT2D eigenvalue weighted by atomic mass is 10.1. The highest BCUT2D eigenvalue weighted by molar-refractivity contribution is 14.1. The molecule has 0 atom stereocenters. The van der Waals surface area contributed by atoms with Crippen LogP contribution in [0.1, 0.15) is 5.56 Å². The van der Waals surface area contributed by atoms with E-state index in [0.29, 0.717) is 6.54 Å². The van der Waals surface area contributed by atoms with Crippen LogP contribution in [0, 0.1) is 3.57 Å². The van der Waals surface area contributed by atoms with Crippen LogP contribution in [-0.2, 0) is 6.54 Å². The summed E-state index contributed by atoms with van der Waals surface area (Å²) >= 11 is 2.37. The number of para-hydroxylation sites is 3. The van der Waals surface area contributed by atoms with Gasteiger partial charge in [0.05, 0.1) is 29.4 Å². The van der Waals surface area contributed by atoms with Crippen molar-refractivity contribution >= 4 is 33.6 Å². The summed E-state index contributed by atoms with van der Waals surface area (Å²) in [4.78, 5) is 5.11. The quantitative estimate of drug-likeness (QED) is 0.195. The van der Waals surface area contributed by atoms with Gasteiger partial charge in [-0.15, -0.1) is 0 Å². The average Bonchev–Trinajstić information content (AvgIpc) is 3.52. The first-order chi connectivity index (χ1) is 17.7. The third-order valence-electron chi connectivity index (χ3n) is 6.22. The number of aromatic nitrogens is 4. The maximum atomic E-state index is 5.39. The number of benzene rings is 4. The first kappa shape index (κ1) is 22.5. The van der Waals surface area contributed by atoms with E-state index in [4.69, 9.17) is 14.8 Å². The molecular weight excluding hydrogens is 559 g/mol. The van der Waals surface area contributed by atoms with Gasteiger partial charge in [-0.3, -0.25) is 0 Å². The minimum Gasteiger partial charge on any atom is -0.497 e. The molecule has 2 heterocycles. The van der Waals surface area contributed by atoms with E-state index < -0.39 is 0 Å². The van der Waals surface area contributed by atoms with Crippen LogP contribution in [0.4, 0.5) is 0 Å². The predicted molar refractivity (Wildman–Crippen MR) is 153 cm³/mol. The van der Waals surface area contributed by atoms with Gasteiger partial charge in [0.2, 0.25) is 0 Å². The SMILES string of the molecule is COc1ccc(-c2nn(-c3ccccc3)cc2-c2nc3ccccc3n2Cc2cccc(I)c2)cc1. The Bertz CT molecular complexity index is 1650. The third-order valence-corrected chi connectivity index (χ3v) is 6.89. The summed E-state index contributed by atoms with van der Waals surface area (Å²) in [6.45, 7) is 0.714. The molecule has 0 radical (unpaired) electrons. The molecule has 5 nitrogen and oxygen atoms in total. The fourth-order valence-electron chi connectivity index (χ4n) is 4.47. The van der Waals surface area contributed by atoms with Crippen molar-refractivity contribution in [1.29, 1.82) is 0 Å². The zero-order valence-electron chi connectivity index (χ0n) is 19.7. The molecule has 0 aliphatic heterocycles. The Kier molecular flexibility index (Phi) is 6.03. The summed E-state index contributed by atoms with van der Waals surface area (Å²) in [7, 11) is 1.68. The number of halogens is 1. The van der Waals surface area contributed by atoms with Crippen molar-refractivity contribution in [3.05, 3.63) is 118 Å². The largest absolute Gasteiger partial charge is 0.497 e. The smallest absolute Gasteiger partial charge is 0.145 e. The lowest BCUT2D eigenvalue weighted by Gasteiger charge is -2.10. The highest BCUT2D eigenvalue weighted by Crippen LogP contribution is 2.35. The Morgan fingerprint density at radius 3 is 2.39 bits per heavy atom. The number of imidazole rings is 1. The topological polar surface area (TPSA) is 44.9 Å². The summed E-state index contributed by atoms with van der Waals surface area (Å²) < 4.78 is 10.8. The standard InChI is InChI=1S/C30H23IN4O/c1-36-25-16-14-22(15-17-25)29-26(20-35(33-29)24-10-3-2-4-11-24)30-32-27-12-5-6-13-28(27)34(30)19-21-8-7-9-23(31)18-21/h2-18,20H,19H2,1H3. The Morgan fingerprint density at radius 1 is 0.833 bits per heavy atom. The summed E-state index contributed by atoms with van der Waals surface area (Å²) in [6.07, 6.45) is 2.08. The second-order valence-electron chi connectivity index (χ2n) is 8.54. The molecule has 36 heavy (non-hydrogen) atoms. The molecule has 6 aromatic rings. The molecule has 6 heteroatoms. The number of hydrogen-bond acceptors (Lipinski definition) is 3. The molecule has 176 valence electrons. The van der Waals surface area contributed by atoms with E-state index >= 15 is 0 Å². The van der Waals surface area contributed by atoms with Crippen molar-refractivity contribution in [2.75, 3.05) is 7.11 Å². The van der Waals surface area contributed by atoms with Crippen LogP contribution in [0.15, 0.2) is 109 Å². The van der Waals surface area contributed by atoms with Crippen LogP contribution >= 0.6 is 22.6 Å². The van der Waals surface area contributed by atoms with Crippen molar-refractivity contribution in [1.82, 2.24) is 19.3 Å². The molecule has 0 amide bonds. The molecule has 0 saturated carbocycles. The van der Waals surface area contributed by atoms with Gasteiger partial charge in [-0.1, -0.05) is 42.5 Å². The van der Waals surface area contributed by atoms with Crippen molar-refractivity contribution in [3.63, 3.8) is 0 Å². The zero-order valence-corrected chi connectivity index (χ0v) is 21.8. The van der Waals surface area contributed by atoms with Crippen molar-refractivity contribution < 1.29 is 4.74 Å². The average molecular weight is 582 g/mol. The molecular formula is C30H23IN4O. The third kappa shape index (κ3) is 4.28. The van der Waals surface area contributed by atoms with Gasteiger partial charge in [-0.05, 0) is 88.8 Å². The van der Waals surface area contributed by atoms with E-state index in [1.165, 1.54) is 9.13 Å².